The Hall–Kier alpha value is -3.86. The predicted octanol–water partition coefficient (Wildman–Crippen LogP) is 4.31. The molecule has 0 aliphatic rings. The molecule has 8 nitrogen and oxygen atoms in total. The van der Waals surface area contributed by atoms with Gasteiger partial charge in [-0.2, -0.15) is 13.2 Å². The van der Waals surface area contributed by atoms with E-state index in [0.717, 1.165) is 21.4 Å². The number of benzene rings is 2. The van der Waals surface area contributed by atoms with Crippen molar-refractivity contribution < 1.29 is 22.5 Å². The second-order valence-electron chi connectivity index (χ2n) is 7.67. The van der Waals surface area contributed by atoms with Crippen molar-refractivity contribution in [3.8, 4) is 22.6 Å². The number of hydrogen-bond acceptors (Lipinski definition) is 5. The number of aromatic nitrogens is 4. The Morgan fingerprint density at radius 2 is 1.91 bits per heavy atom. The van der Waals surface area contributed by atoms with Crippen LogP contribution in [-0.4, -0.2) is 32.0 Å². The van der Waals surface area contributed by atoms with Crippen molar-refractivity contribution in [1.29, 1.82) is 0 Å². The standard InChI is InChI=1S/C23H19ClF3N5O3/c1-13-18(19(30-35-13)16-8-3-4-9-17(16)24)21(33)28-10-11-32-22(34)31(2)20(29-32)14-6-5-7-15(12-14)23(25,26)27/h3-9,12H,10-11H2,1-2H3,(H,28,33). The third-order valence-corrected chi connectivity index (χ3v) is 5.65. The third kappa shape index (κ3) is 4.85. The first kappa shape index (κ1) is 24.3. The van der Waals surface area contributed by atoms with E-state index >= 15 is 0 Å². The minimum absolute atomic E-state index is 0.0108. The van der Waals surface area contributed by atoms with Crippen LogP contribution in [0.25, 0.3) is 22.6 Å². The minimum Gasteiger partial charge on any atom is -0.360 e. The normalized spacial score (nSPS) is 11.6. The molecule has 0 saturated carbocycles. The van der Waals surface area contributed by atoms with Crippen LogP contribution in [0.4, 0.5) is 13.2 Å². The van der Waals surface area contributed by atoms with Crippen LogP contribution in [-0.2, 0) is 19.8 Å². The number of halogens is 4. The van der Waals surface area contributed by atoms with Gasteiger partial charge in [0.05, 0.1) is 17.1 Å². The maximum atomic E-state index is 13.1. The van der Waals surface area contributed by atoms with Crippen LogP contribution in [0, 0.1) is 6.92 Å². The Bertz CT molecular complexity index is 1460. The molecule has 0 fully saturated rings. The summed E-state index contributed by atoms with van der Waals surface area (Å²) in [6.07, 6.45) is -4.52. The number of aryl methyl sites for hydroxylation is 1. The van der Waals surface area contributed by atoms with Crippen molar-refractivity contribution in [1.82, 2.24) is 24.8 Å². The van der Waals surface area contributed by atoms with E-state index in [2.05, 4.69) is 15.6 Å². The predicted molar refractivity (Wildman–Crippen MR) is 122 cm³/mol. The fourth-order valence-electron chi connectivity index (χ4n) is 3.56. The van der Waals surface area contributed by atoms with Gasteiger partial charge >= 0.3 is 11.9 Å². The molecule has 0 aliphatic heterocycles. The number of nitrogens with one attached hydrogen (secondary N) is 1. The molecule has 4 rings (SSSR count). The molecule has 0 unspecified atom stereocenters. The molecule has 0 bridgehead atoms. The monoisotopic (exact) mass is 505 g/mol. The van der Waals surface area contributed by atoms with E-state index in [1.165, 1.54) is 19.2 Å². The molecule has 0 aliphatic carbocycles. The Morgan fingerprint density at radius 3 is 2.63 bits per heavy atom. The highest BCUT2D eigenvalue weighted by atomic mass is 35.5. The number of alkyl halides is 3. The summed E-state index contributed by atoms with van der Waals surface area (Å²) in [6.45, 7) is 1.60. The van der Waals surface area contributed by atoms with E-state index in [1.807, 2.05) is 0 Å². The van der Waals surface area contributed by atoms with Gasteiger partial charge in [0, 0.05) is 24.7 Å². The fourth-order valence-corrected chi connectivity index (χ4v) is 3.79. The topological polar surface area (TPSA) is 94.9 Å². The lowest BCUT2D eigenvalue weighted by molar-refractivity contribution is -0.137. The van der Waals surface area contributed by atoms with Gasteiger partial charge in [-0.25, -0.2) is 9.48 Å². The molecule has 0 atom stereocenters. The van der Waals surface area contributed by atoms with Gasteiger partial charge < -0.3 is 9.84 Å². The highest BCUT2D eigenvalue weighted by Crippen LogP contribution is 2.32. The number of rotatable bonds is 6. The number of hydrogen-bond donors (Lipinski definition) is 1. The number of amides is 1. The van der Waals surface area contributed by atoms with Gasteiger partial charge in [0.1, 0.15) is 17.0 Å². The summed E-state index contributed by atoms with van der Waals surface area (Å²) in [5, 5.41) is 11.2. The summed E-state index contributed by atoms with van der Waals surface area (Å²) in [5.41, 5.74) is -0.217. The van der Waals surface area contributed by atoms with Gasteiger partial charge in [-0.05, 0) is 25.1 Å². The first-order chi connectivity index (χ1) is 16.6. The highest BCUT2D eigenvalue weighted by Gasteiger charge is 2.31. The van der Waals surface area contributed by atoms with E-state index in [0.29, 0.717) is 16.3 Å². The molecule has 182 valence electrons. The zero-order valence-electron chi connectivity index (χ0n) is 18.6. The van der Waals surface area contributed by atoms with Crippen LogP contribution >= 0.6 is 11.6 Å². The van der Waals surface area contributed by atoms with Crippen molar-refractivity contribution >= 4 is 17.5 Å². The summed E-state index contributed by atoms with van der Waals surface area (Å²) in [6, 6.07) is 11.4. The average Bonchev–Trinajstić information content (AvgIpc) is 3.33. The largest absolute Gasteiger partial charge is 0.416 e. The minimum atomic E-state index is -4.52. The highest BCUT2D eigenvalue weighted by molar-refractivity contribution is 6.33. The average molecular weight is 506 g/mol. The smallest absolute Gasteiger partial charge is 0.360 e. The second kappa shape index (κ2) is 9.41. The summed E-state index contributed by atoms with van der Waals surface area (Å²) < 4.78 is 46.6. The van der Waals surface area contributed by atoms with Crippen LogP contribution in [0.2, 0.25) is 5.02 Å². The molecular formula is C23H19ClF3N5O3. The molecule has 1 N–H and O–H groups in total. The zero-order valence-corrected chi connectivity index (χ0v) is 19.3. The van der Waals surface area contributed by atoms with E-state index in [1.54, 1.807) is 31.2 Å². The molecule has 2 aromatic heterocycles. The van der Waals surface area contributed by atoms with E-state index in [-0.39, 0.29) is 35.7 Å². The van der Waals surface area contributed by atoms with E-state index < -0.39 is 23.3 Å². The number of nitrogens with zero attached hydrogens (tertiary/aromatic N) is 4. The van der Waals surface area contributed by atoms with Crippen LogP contribution in [0.5, 0.6) is 0 Å². The van der Waals surface area contributed by atoms with Gasteiger partial charge in [-0.3, -0.25) is 9.36 Å². The Kier molecular flexibility index (Phi) is 6.53. The Labute approximate surface area is 201 Å². The van der Waals surface area contributed by atoms with E-state index in [9.17, 15) is 22.8 Å². The maximum absolute atomic E-state index is 13.1. The summed E-state index contributed by atoms with van der Waals surface area (Å²) in [4.78, 5) is 25.4. The molecular weight excluding hydrogens is 487 g/mol. The first-order valence-corrected chi connectivity index (χ1v) is 10.8. The molecule has 1 amide bonds. The molecule has 0 saturated heterocycles. The van der Waals surface area contributed by atoms with Gasteiger partial charge in [0.15, 0.2) is 5.82 Å². The molecule has 0 radical (unpaired) electrons. The third-order valence-electron chi connectivity index (χ3n) is 5.32. The summed E-state index contributed by atoms with van der Waals surface area (Å²) >= 11 is 6.22. The van der Waals surface area contributed by atoms with Crippen LogP contribution < -0.4 is 11.0 Å². The SMILES string of the molecule is Cc1onc(-c2ccccc2Cl)c1C(=O)NCCn1nc(-c2cccc(C(F)(F)F)c2)n(C)c1=O. The summed E-state index contributed by atoms with van der Waals surface area (Å²) in [5.74, 6) is -0.122. The van der Waals surface area contributed by atoms with Gasteiger partial charge in [-0.1, -0.05) is 47.1 Å². The second-order valence-corrected chi connectivity index (χ2v) is 8.07. The van der Waals surface area contributed by atoms with Crippen molar-refractivity contribution in [2.24, 2.45) is 7.05 Å². The van der Waals surface area contributed by atoms with Crippen molar-refractivity contribution in [3.63, 3.8) is 0 Å². The van der Waals surface area contributed by atoms with Crippen LogP contribution in [0.15, 0.2) is 57.8 Å². The number of carbonyl (C=O) groups is 1. The molecule has 2 heterocycles. The molecule has 4 aromatic rings. The van der Waals surface area contributed by atoms with Crippen molar-refractivity contribution in [3.05, 3.63) is 80.9 Å². The molecule has 2 aromatic carbocycles. The summed E-state index contributed by atoms with van der Waals surface area (Å²) in [7, 11) is 1.41. The van der Waals surface area contributed by atoms with E-state index in [4.69, 9.17) is 16.1 Å². The van der Waals surface area contributed by atoms with Crippen molar-refractivity contribution in [2.75, 3.05) is 6.54 Å². The maximum Gasteiger partial charge on any atom is 0.416 e. The lowest BCUT2D eigenvalue weighted by Gasteiger charge is -2.08. The quantitative estimate of drug-likeness (QED) is 0.421. The zero-order chi connectivity index (χ0) is 25.3. The fraction of sp³-hybridized carbons (Fsp3) is 0.217. The Morgan fingerprint density at radius 1 is 1.17 bits per heavy atom. The van der Waals surface area contributed by atoms with Crippen LogP contribution in [0.3, 0.4) is 0 Å². The van der Waals surface area contributed by atoms with Gasteiger partial charge in [0.25, 0.3) is 5.91 Å². The first-order valence-electron chi connectivity index (χ1n) is 10.4. The lowest BCUT2D eigenvalue weighted by atomic mass is 10.1. The van der Waals surface area contributed by atoms with Gasteiger partial charge in [-0.15, -0.1) is 5.10 Å². The molecule has 35 heavy (non-hydrogen) atoms. The number of carbonyl (C=O) groups excluding carboxylic acids is 1. The Balaban J connectivity index is 1.51. The van der Waals surface area contributed by atoms with Gasteiger partial charge in [0.2, 0.25) is 0 Å². The van der Waals surface area contributed by atoms with Crippen LogP contribution in [0.1, 0.15) is 21.7 Å². The molecule has 12 heteroatoms. The van der Waals surface area contributed by atoms with Crippen molar-refractivity contribution in [2.45, 2.75) is 19.6 Å². The lowest BCUT2D eigenvalue weighted by Crippen LogP contribution is -2.32. The molecule has 0 spiro atoms.